The Balaban J connectivity index is 1.83. The third-order valence-corrected chi connectivity index (χ3v) is 4.82. The van der Waals surface area contributed by atoms with Gasteiger partial charge in [0.1, 0.15) is 0 Å². The molecule has 1 aliphatic heterocycles. The first-order valence-corrected chi connectivity index (χ1v) is 9.48. The van der Waals surface area contributed by atoms with Crippen LogP contribution in [0.3, 0.4) is 0 Å². The Hall–Kier alpha value is -1.20. The number of hydrogen-bond donors (Lipinski definition) is 1. The maximum Gasteiger partial charge on any atom is 0.251 e. The minimum absolute atomic E-state index is 0.0310. The van der Waals surface area contributed by atoms with Gasteiger partial charge in [0.25, 0.3) is 5.91 Å². The lowest BCUT2D eigenvalue weighted by molar-refractivity contribution is 0.0954. The fourth-order valence-corrected chi connectivity index (χ4v) is 3.10. The number of benzene rings is 1. The minimum Gasteiger partial charge on any atom is -0.369 e. The molecule has 2 rings (SSSR count). The summed E-state index contributed by atoms with van der Waals surface area (Å²) in [5.41, 5.74) is 1.97. The zero-order chi connectivity index (χ0) is 15.8. The van der Waals surface area contributed by atoms with Gasteiger partial charge in [-0.05, 0) is 49.2 Å². The number of piperazine rings is 1. The van der Waals surface area contributed by atoms with Gasteiger partial charge in [0.2, 0.25) is 0 Å². The Morgan fingerprint density at radius 3 is 2.45 bits per heavy atom. The van der Waals surface area contributed by atoms with Crippen molar-refractivity contribution in [3.05, 3.63) is 29.8 Å². The normalized spacial score (nSPS) is 15.8. The Kier molecular flexibility index (Phi) is 7.06. The molecule has 0 atom stereocenters. The number of hydrogen-bond acceptors (Lipinski definition) is 4. The molecule has 0 saturated carbocycles. The molecule has 1 aliphatic rings. The molecule has 0 radical (unpaired) electrons. The largest absolute Gasteiger partial charge is 0.369 e. The molecule has 1 aromatic carbocycles. The van der Waals surface area contributed by atoms with Crippen molar-refractivity contribution in [1.82, 2.24) is 10.2 Å². The average molecular weight is 321 g/mol. The van der Waals surface area contributed by atoms with Gasteiger partial charge in [-0.1, -0.05) is 6.92 Å². The van der Waals surface area contributed by atoms with Crippen LogP contribution in [0.2, 0.25) is 0 Å². The van der Waals surface area contributed by atoms with E-state index in [1.54, 1.807) is 0 Å². The molecule has 1 heterocycles. The topological polar surface area (TPSA) is 35.6 Å². The average Bonchev–Trinajstić information content (AvgIpc) is 2.59. The zero-order valence-corrected chi connectivity index (χ0v) is 14.5. The molecule has 1 amide bonds. The van der Waals surface area contributed by atoms with Gasteiger partial charge >= 0.3 is 0 Å². The van der Waals surface area contributed by atoms with Crippen molar-refractivity contribution in [3.63, 3.8) is 0 Å². The lowest BCUT2D eigenvalue weighted by Crippen LogP contribution is -2.46. The molecule has 1 fully saturated rings. The summed E-state index contributed by atoms with van der Waals surface area (Å²) in [5.74, 6) is 1.12. The molecule has 1 N–H and O–H groups in total. The van der Waals surface area contributed by atoms with Crippen LogP contribution < -0.4 is 10.2 Å². The van der Waals surface area contributed by atoms with E-state index in [2.05, 4.69) is 40.4 Å². The molecule has 4 nitrogen and oxygen atoms in total. The van der Waals surface area contributed by atoms with Crippen molar-refractivity contribution in [1.29, 1.82) is 0 Å². The van der Waals surface area contributed by atoms with E-state index in [1.807, 2.05) is 23.9 Å². The van der Waals surface area contributed by atoms with E-state index in [0.29, 0.717) is 0 Å². The first-order chi connectivity index (χ1) is 10.7. The molecule has 122 valence electrons. The second kappa shape index (κ2) is 9.06. The first-order valence-electron chi connectivity index (χ1n) is 8.09. The molecular formula is C17H27N3OS. The quantitative estimate of drug-likeness (QED) is 0.782. The Bertz CT molecular complexity index is 455. The number of likely N-dealkylation sites (N-methyl/N-ethyl adjacent to an activating group) is 1. The van der Waals surface area contributed by atoms with Crippen LogP contribution in [0.5, 0.6) is 0 Å². The monoisotopic (exact) mass is 321 g/mol. The van der Waals surface area contributed by atoms with Crippen LogP contribution in [0.25, 0.3) is 0 Å². The highest BCUT2D eigenvalue weighted by molar-refractivity contribution is 7.98. The van der Waals surface area contributed by atoms with Crippen LogP contribution in [-0.4, -0.2) is 62.1 Å². The second-order valence-electron chi connectivity index (χ2n) is 5.57. The third kappa shape index (κ3) is 4.92. The van der Waals surface area contributed by atoms with E-state index in [0.717, 1.165) is 57.0 Å². The summed E-state index contributed by atoms with van der Waals surface area (Å²) in [6.45, 7) is 8.46. The smallest absolute Gasteiger partial charge is 0.251 e. The maximum atomic E-state index is 12.0. The van der Waals surface area contributed by atoms with Gasteiger partial charge in [-0.15, -0.1) is 0 Å². The number of nitrogens with zero attached hydrogens (tertiary/aromatic N) is 2. The number of amides is 1. The van der Waals surface area contributed by atoms with E-state index < -0.39 is 0 Å². The van der Waals surface area contributed by atoms with E-state index in [-0.39, 0.29) is 5.91 Å². The molecule has 0 unspecified atom stereocenters. The van der Waals surface area contributed by atoms with Crippen molar-refractivity contribution in [2.24, 2.45) is 0 Å². The fourth-order valence-electron chi connectivity index (χ4n) is 2.67. The summed E-state index contributed by atoms with van der Waals surface area (Å²) in [6, 6.07) is 8.01. The molecule has 0 aliphatic carbocycles. The number of rotatable bonds is 7. The molecule has 22 heavy (non-hydrogen) atoms. The van der Waals surface area contributed by atoms with Gasteiger partial charge in [0, 0.05) is 44.0 Å². The van der Waals surface area contributed by atoms with Crippen LogP contribution in [0.15, 0.2) is 24.3 Å². The van der Waals surface area contributed by atoms with Crippen molar-refractivity contribution < 1.29 is 4.79 Å². The predicted octanol–water partition coefficient (Wildman–Crippen LogP) is 2.31. The summed E-state index contributed by atoms with van der Waals surface area (Å²) >= 11 is 1.81. The highest BCUT2D eigenvalue weighted by Gasteiger charge is 2.16. The van der Waals surface area contributed by atoms with Crippen LogP contribution >= 0.6 is 11.8 Å². The van der Waals surface area contributed by atoms with E-state index in [1.165, 1.54) is 5.69 Å². The Morgan fingerprint density at radius 1 is 1.18 bits per heavy atom. The first kappa shape index (κ1) is 17.2. The molecule has 0 aromatic heterocycles. The van der Waals surface area contributed by atoms with Crippen molar-refractivity contribution in [3.8, 4) is 0 Å². The van der Waals surface area contributed by atoms with Crippen LogP contribution in [0.4, 0.5) is 5.69 Å². The highest BCUT2D eigenvalue weighted by Crippen LogP contribution is 2.17. The van der Waals surface area contributed by atoms with Gasteiger partial charge in [-0.2, -0.15) is 11.8 Å². The number of nitrogens with one attached hydrogen (secondary N) is 1. The molecular weight excluding hydrogens is 294 g/mol. The SMILES string of the molecule is CCN1CCN(c2ccc(C(=O)NCCCSC)cc2)CC1. The van der Waals surface area contributed by atoms with Crippen molar-refractivity contribution >= 4 is 23.4 Å². The summed E-state index contributed by atoms with van der Waals surface area (Å²) in [6.07, 6.45) is 3.10. The van der Waals surface area contributed by atoms with E-state index in [9.17, 15) is 4.79 Å². The molecule has 1 aromatic rings. The number of carbonyl (C=O) groups is 1. The number of anilines is 1. The minimum atomic E-state index is 0.0310. The van der Waals surface area contributed by atoms with Crippen molar-refractivity contribution in [2.45, 2.75) is 13.3 Å². The van der Waals surface area contributed by atoms with Crippen LogP contribution in [-0.2, 0) is 0 Å². The van der Waals surface area contributed by atoms with E-state index in [4.69, 9.17) is 0 Å². The molecule has 1 saturated heterocycles. The van der Waals surface area contributed by atoms with Gasteiger partial charge in [-0.25, -0.2) is 0 Å². The standard InChI is InChI=1S/C17H27N3OS/c1-3-19-10-12-20(13-11-19)16-7-5-15(6-8-16)17(21)18-9-4-14-22-2/h5-8H,3-4,9-14H2,1-2H3,(H,18,21). The summed E-state index contributed by atoms with van der Waals surface area (Å²) < 4.78 is 0. The zero-order valence-electron chi connectivity index (χ0n) is 13.7. The lowest BCUT2D eigenvalue weighted by Gasteiger charge is -2.35. The van der Waals surface area contributed by atoms with Crippen LogP contribution in [0, 0.1) is 0 Å². The van der Waals surface area contributed by atoms with Gasteiger partial charge in [0.15, 0.2) is 0 Å². The molecule has 0 bridgehead atoms. The summed E-state index contributed by atoms with van der Waals surface area (Å²) in [5, 5.41) is 2.97. The summed E-state index contributed by atoms with van der Waals surface area (Å²) in [4.78, 5) is 16.9. The Labute approximate surface area is 138 Å². The molecule has 5 heteroatoms. The van der Waals surface area contributed by atoms with E-state index >= 15 is 0 Å². The molecule has 0 spiro atoms. The van der Waals surface area contributed by atoms with Gasteiger partial charge in [-0.3, -0.25) is 4.79 Å². The van der Waals surface area contributed by atoms with Crippen LogP contribution in [0.1, 0.15) is 23.7 Å². The summed E-state index contributed by atoms with van der Waals surface area (Å²) in [7, 11) is 0. The number of carbonyl (C=O) groups excluding carboxylic acids is 1. The third-order valence-electron chi connectivity index (χ3n) is 4.12. The maximum absolute atomic E-state index is 12.0. The lowest BCUT2D eigenvalue weighted by atomic mass is 10.1. The Morgan fingerprint density at radius 2 is 1.86 bits per heavy atom. The van der Waals surface area contributed by atoms with Crippen molar-refractivity contribution in [2.75, 3.05) is 56.2 Å². The number of thioether (sulfide) groups is 1. The predicted molar refractivity (Wildman–Crippen MR) is 96.1 cm³/mol. The van der Waals surface area contributed by atoms with Gasteiger partial charge in [0.05, 0.1) is 0 Å². The highest BCUT2D eigenvalue weighted by atomic mass is 32.2. The fraction of sp³-hybridized carbons (Fsp3) is 0.588. The second-order valence-corrected chi connectivity index (χ2v) is 6.56. The van der Waals surface area contributed by atoms with Gasteiger partial charge < -0.3 is 15.1 Å².